The van der Waals surface area contributed by atoms with E-state index >= 15 is 0 Å². The van der Waals surface area contributed by atoms with Crippen LogP contribution in [0.4, 0.5) is 0 Å². The first kappa shape index (κ1) is 21.1. The summed E-state index contributed by atoms with van der Waals surface area (Å²) in [5.41, 5.74) is 5.54. The molecule has 8 nitrogen and oxygen atoms in total. The molecule has 0 amide bonds. The van der Waals surface area contributed by atoms with Crippen molar-refractivity contribution in [1.29, 1.82) is 0 Å². The zero-order chi connectivity index (χ0) is 22.8. The fourth-order valence-electron chi connectivity index (χ4n) is 4.29. The van der Waals surface area contributed by atoms with Crippen LogP contribution < -0.4 is 5.62 Å². The van der Waals surface area contributed by atoms with Crippen molar-refractivity contribution in [2.45, 2.75) is 13.0 Å². The molecule has 0 N–H and O–H groups in total. The number of benzene rings is 2. The van der Waals surface area contributed by atoms with Gasteiger partial charge in [0, 0.05) is 20.1 Å². The number of allylic oxidation sites excluding steroid dienone is 4. The fourth-order valence-corrected chi connectivity index (χ4v) is 4.29. The average Bonchev–Trinajstić information content (AvgIpc) is 3.40. The van der Waals surface area contributed by atoms with Crippen molar-refractivity contribution < 1.29 is 9.53 Å². The van der Waals surface area contributed by atoms with Crippen molar-refractivity contribution in [1.82, 2.24) is 24.1 Å². The molecule has 8 heteroatoms. The van der Waals surface area contributed by atoms with Gasteiger partial charge in [0.2, 0.25) is 5.62 Å². The first-order valence-electron chi connectivity index (χ1n) is 11.0. The summed E-state index contributed by atoms with van der Waals surface area (Å²) in [6.07, 6.45) is 6.62. The topological polar surface area (TPSA) is 79.2 Å². The van der Waals surface area contributed by atoms with Gasteiger partial charge in [0.15, 0.2) is 5.78 Å². The highest BCUT2D eigenvalue weighted by Gasteiger charge is 2.21. The summed E-state index contributed by atoms with van der Waals surface area (Å²) in [7, 11) is 3.64. The highest BCUT2D eigenvalue weighted by Crippen LogP contribution is 2.24. The van der Waals surface area contributed by atoms with Gasteiger partial charge in [0.25, 0.3) is 0 Å². The van der Waals surface area contributed by atoms with Gasteiger partial charge in [-0.1, -0.05) is 41.6 Å². The highest BCUT2D eigenvalue weighted by atomic mass is 16.5. The van der Waals surface area contributed by atoms with Crippen molar-refractivity contribution >= 4 is 33.5 Å². The van der Waals surface area contributed by atoms with E-state index in [0.29, 0.717) is 19.6 Å². The number of methoxy groups -OCH3 is 1. The number of rotatable bonds is 7. The number of nitrogens with zero attached hydrogens (tertiary/aromatic N) is 6. The van der Waals surface area contributed by atoms with Crippen LogP contribution >= 0.6 is 0 Å². The molecule has 1 atom stereocenters. The predicted octanol–water partition coefficient (Wildman–Crippen LogP) is 2.96. The van der Waals surface area contributed by atoms with Gasteiger partial charge in [-0.3, -0.25) is 4.79 Å². The van der Waals surface area contributed by atoms with Crippen LogP contribution in [0.3, 0.4) is 0 Å². The lowest BCUT2D eigenvalue weighted by atomic mass is 9.95. The minimum atomic E-state index is -0.193. The predicted molar refractivity (Wildman–Crippen MR) is 127 cm³/mol. The number of imidazole rings is 1. The third-order valence-corrected chi connectivity index (χ3v) is 6.03. The summed E-state index contributed by atoms with van der Waals surface area (Å²) in [5.74, 6) is -0.0450. The molecule has 168 valence electrons. The maximum atomic E-state index is 13.3. The normalized spacial score (nSPS) is 16.6. The lowest BCUT2D eigenvalue weighted by molar-refractivity contribution is -0.122. The Labute approximate surface area is 191 Å². The molecule has 0 saturated carbocycles. The number of hydrogen-bond donors (Lipinski definition) is 0. The Morgan fingerprint density at radius 1 is 1.12 bits per heavy atom. The second kappa shape index (κ2) is 8.99. The van der Waals surface area contributed by atoms with Crippen molar-refractivity contribution in [3.05, 3.63) is 72.4 Å². The smallest absolute Gasteiger partial charge is 0.206 e. The second-order valence-corrected chi connectivity index (χ2v) is 8.09. The summed E-state index contributed by atoms with van der Waals surface area (Å²) >= 11 is 0. The second-order valence-electron chi connectivity index (χ2n) is 8.09. The summed E-state index contributed by atoms with van der Waals surface area (Å²) in [6.45, 7) is 1.33. The molecule has 33 heavy (non-hydrogen) atoms. The molecule has 1 unspecified atom stereocenters. The van der Waals surface area contributed by atoms with E-state index in [-0.39, 0.29) is 18.2 Å². The molecular weight excluding hydrogens is 416 g/mol. The Morgan fingerprint density at radius 3 is 2.64 bits per heavy atom. The number of carbonyl (C=O) groups excluding carboxylic acids is 1. The SMILES string of the molecule is COCC/N=c1/n(C)c2ccccc2n1CC(=O)C1C=CC(n2nnc3ccccc32)=CC1. The van der Waals surface area contributed by atoms with E-state index in [4.69, 9.17) is 9.73 Å². The van der Waals surface area contributed by atoms with Crippen LogP contribution in [-0.4, -0.2) is 50.2 Å². The van der Waals surface area contributed by atoms with Gasteiger partial charge in [-0.05, 0) is 36.8 Å². The van der Waals surface area contributed by atoms with Gasteiger partial charge < -0.3 is 13.9 Å². The lowest BCUT2D eigenvalue weighted by Crippen LogP contribution is -2.30. The molecule has 0 aliphatic heterocycles. The Hall–Kier alpha value is -3.78. The maximum absolute atomic E-state index is 13.3. The first-order valence-corrected chi connectivity index (χ1v) is 11.0. The van der Waals surface area contributed by atoms with Crippen LogP contribution in [0.2, 0.25) is 0 Å². The minimum absolute atomic E-state index is 0.148. The number of Topliss-reactive ketones (excluding diaryl/α,β-unsaturated/α-hetero) is 1. The molecule has 5 rings (SSSR count). The highest BCUT2D eigenvalue weighted by molar-refractivity contribution is 5.87. The number of ketones is 1. The summed E-state index contributed by atoms with van der Waals surface area (Å²) in [4.78, 5) is 18.0. The Balaban J connectivity index is 1.39. The van der Waals surface area contributed by atoms with Crippen LogP contribution in [0.15, 0.2) is 71.8 Å². The van der Waals surface area contributed by atoms with Crippen molar-refractivity contribution in [2.75, 3.05) is 20.3 Å². The van der Waals surface area contributed by atoms with Gasteiger partial charge in [0.05, 0.1) is 41.9 Å². The zero-order valence-electron chi connectivity index (χ0n) is 18.8. The van der Waals surface area contributed by atoms with Crippen LogP contribution in [0.5, 0.6) is 0 Å². The zero-order valence-corrected chi connectivity index (χ0v) is 18.8. The van der Waals surface area contributed by atoms with E-state index in [2.05, 4.69) is 16.4 Å². The molecule has 0 bridgehead atoms. The average molecular weight is 443 g/mol. The molecule has 2 aromatic carbocycles. The van der Waals surface area contributed by atoms with E-state index in [1.54, 1.807) is 7.11 Å². The fraction of sp³-hybridized carbons (Fsp3) is 0.280. The van der Waals surface area contributed by atoms with E-state index in [1.807, 2.05) is 81.5 Å². The maximum Gasteiger partial charge on any atom is 0.206 e. The number of ether oxygens (including phenoxy) is 1. The van der Waals surface area contributed by atoms with E-state index in [1.165, 1.54) is 0 Å². The molecule has 0 fully saturated rings. The third-order valence-electron chi connectivity index (χ3n) is 6.03. The van der Waals surface area contributed by atoms with Gasteiger partial charge >= 0.3 is 0 Å². The number of aromatic nitrogens is 5. The molecule has 4 aromatic rings. The molecule has 2 aromatic heterocycles. The quantitative estimate of drug-likeness (QED) is 0.412. The Kier molecular flexibility index (Phi) is 5.75. The van der Waals surface area contributed by atoms with Gasteiger partial charge in [-0.2, -0.15) is 0 Å². The summed E-state index contributed by atoms with van der Waals surface area (Å²) in [6, 6.07) is 15.9. The number of para-hydroxylation sites is 3. The summed E-state index contributed by atoms with van der Waals surface area (Å²) < 4.78 is 11.0. The van der Waals surface area contributed by atoms with Crippen molar-refractivity contribution in [3.8, 4) is 0 Å². The number of carbonyl (C=O) groups is 1. The molecule has 0 spiro atoms. The van der Waals surface area contributed by atoms with Gasteiger partial charge in [0.1, 0.15) is 5.52 Å². The number of fused-ring (bicyclic) bond motifs is 2. The van der Waals surface area contributed by atoms with Gasteiger partial charge in [-0.15, -0.1) is 5.10 Å². The van der Waals surface area contributed by atoms with Crippen LogP contribution in [0.1, 0.15) is 6.42 Å². The monoisotopic (exact) mass is 442 g/mol. The Bertz CT molecular complexity index is 1450. The van der Waals surface area contributed by atoms with Gasteiger partial charge in [-0.25, -0.2) is 9.67 Å². The van der Waals surface area contributed by atoms with Crippen molar-refractivity contribution in [3.63, 3.8) is 0 Å². The van der Waals surface area contributed by atoms with Crippen LogP contribution in [-0.2, 0) is 23.1 Å². The molecule has 0 radical (unpaired) electrons. The number of aryl methyl sites for hydroxylation is 1. The van der Waals surface area contributed by atoms with E-state index in [9.17, 15) is 4.79 Å². The molecule has 2 heterocycles. The molecular formula is C25H26N6O2. The largest absolute Gasteiger partial charge is 0.383 e. The minimum Gasteiger partial charge on any atom is -0.383 e. The van der Waals surface area contributed by atoms with Crippen LogP contribution in [0, 0.1) is 5.92 Å². The molecule has 0 saturated heterocycles. The summed E-state index contributed by atoms with van der Waals surface area (Å²) in [5, 5.41) is 8.50. The first-order chi connectivity index (χ1) is 16.2. The van der Waals surface area contributed by atoms with E-state index in [0.717, 1.165) is 33.4 Å². The van der Waals surface area contributed by atoms with Crippen molar-refractivity contribution in [2.24, 2.45) is 18.0 Å². The molecule has 1 aliphatic rings. The molecule has 1 aliphatic carbocycles. The lowest BCUT2D eigenvalue weighted by Gasteiger charge is -2.16. The number of hydrogen-bond acceptors (Lipinski definition) is 5. The van der Waals surface area contributed by atoms with Crippen LogP contribution in [0.25, 0.3) is 27.8 Å². The van der Waals surface area contributed by atoms with E-state index < -0.39 is 0 Å². The Morgan fingerprint density at radius 2 is 1.88 bits per heavy atom. The standard InChI is InChI=1S/C25H26N6O2/c1-29-22-9-5-6-10-23(22)30(25(29)26-15-16-33-2)17-24(32)18-11-13-19(14-12-18)31-21-8-4-3-7-20(21)27-28-31/h3-11,13-14,18H,12,15-17H2,1-2H3/b26-25-. The third kappa shape index (κ3) is 3.93.